The molecule has 0 fully saturated rings. The van der Waals surface area contributed by atoms with Gasteiger partial charge in [0.05, 0.1) is 25.1 Å². The first-order valence-corrected chi connectivity index (χ1v) is 22.8. The average Bonchev–Trinajstić information content (AvgIpc) is 3.27. The van der Waals surface area contributed by atoms with Gasteiger partial charge < -0.3 is 81.4 Å². The van der Waals surface area contributed by atoms with Crippen LogP contribution in [0.3, 0.4) is 0 Å². The predicted octanol–water partition coefficient (Wildman–Crippen LogP) is -5.80. The van der Waals surface area contributed by atoms with Gasteiger partial charge in [0.2, 0.25) is 53.2 Å². The van der Waals surface area contributed by atoms with Gasteiger partial charge in [0.25, 0.3) is 0 Å². The van der Waals surface area contributed by atoms with Gasteiger partial charge in [0, 0.05) is 18.7 Å². The largest absolute Gasteiger partial charge is 0.480 e. The van der Waals surface area contributed by atoms with Crippen molar-refractivity contribution in [3.8, 4) is 0 Å². The number of amides is 9. The number of guanidine groups is 1. The van der Waals surface area contributed by atoms with Gasteiger partial charge in [0.1, 0.15) is 42.3 Å². The second kappa shape index (κ2) is 31.5. The van der Waals surface area contributed by atoms with Crippen LogP contribution >= 0.6 is 12.6 Å². The number of unbranched alkanes of at least 4 members (excludes halogenated alkanes) is 1. The molecule has 1 aromatic carbocycles. The van der Waals surface area contributed by atoms with Gasteiger partial charge >= 0.3 is 5.97 Å². The maximum absolute atomic E-state index is 14.2. The van der Waals surface area contributed by atoms with Gasteiger partial charge in [0.15, 0.2) is 5.96 Å². The molecule has 1 aromatic rings. The number of rotatable bonds is 32. The predicted molar refractivity (Wildman–Crippen MR) is 255 cm³/mol. The van der Waals surface area contributed by atoms with Crippen LogP contribution in [0, 0.1) is 5.92 Å². The number of aliphatic hydroxyl groups is 1. The Morgan fingerprint density at radius 1 is 0.638 bits per heavy atom. The van der Waals surface area contributed by atoms with Gasteiger partial charge in [-0.3, -0.25) is 48.1 Å². The summed E-state index contributed by atoms with van der Waals surface area (Å²) in [5, 5.41) is 39.5. The summed E-state index contributed by atoms with van der Waals surface area (Å²) in [6.45, 7) is 5.31. The van der Waals surface area contributed by atoms with Crippen molar-refractivity contribution >= 4 is 77.7 Å². The number of aliphatic carboxylic acids is 1. The molecule has 20 N–H and O–H groups in total. The Balaban J connectivity index is 3.46. The maximum atomic E-state index is 14.2. The number of carbonyl (C=O) groups is 10. The van der Waals surface area contributed by atoms with Crippen LogP contribution in [0.2, 0.25) is 0 Å². The molecular weight excluding hydrogens is 925 g/mol. The molecule has 386 valence electrons. The number of nitrogens with zero attached hydrogens (tertiary/aromatic N) is 1. The number of carboxylic acid groups (broad SMARTS) is 1. The number of carbonyl (C=O) groups excluding carboxylic acids is 9. The van der Waals surface area contributed by atoms with Gasteiger partial charge in [-0.1, -0.05) is 44.2 Å². The van der Waals surface area contributed by atoms with Crippen molar-refractivity contribution in [3.05, 3.63) is 35.9 Å². The Hall–Kier alpha value is -6.58. The molecule has 0 heterocycles. The number of hydrogen-bond donors (Lipinski definition) is 16. The topological polar surface area (TPSA) is 450 Å². The molecule has 9 atom stereocenters. The normalized spacial score (nSPS) is 14.9. The average molecular weight is 995 g/mol. The Morgan fingerprint density at radius 3 is 1.65 bits per heavy atom. The molecule has 0 saturated carbocycles. The number of aliphatic hydroxyl groups excluding tert-OH is 1. The fourth-order valence-corrected chi connectivity index (χ4v) is 6.53. The summed E-state index contributed by atoms with van der Waals surface area (Å²) < 4.78 is 0. The number of nitrogens with one attached hydrogen (secondary N) is 8. The third kappa shape index (κ3) is 23.3. The number of aliphatic imine (C=N–C) groups is 1. The van der Waals surface area contributed by atoms with Crippen LogP contribution in [0.4, 0.5) is 0 Å². The van der Waals surface area contributed by atoms with E-state index in [9.17, 15) is 58.2 Å². The van der Waals surface area contributed by atoms with Crippen molar-refractivity contribution in [2.24, 2.45) is 39.6 Å². The van der Waals surface area contributed by atoms with Crippen molar-refractivity contribution < 1.29 is 58.2 Å². The Bertz CT molecular complexity index is 1940. The summed E-state index contributed by atoms with van der Waals surface area (Å²) in [6.07, 6.45) is -1.62. The highest BCUT2D eigenvalue weighted by Gasteiger charge is 2.36. The van der Waals surface area contributed by atoms with E-state index in [2.05, 4.69) is 60.2 Å². The highest BCUT2D eigenvalue weighted by atomic mass is 32.1. The number of thiol groups is 1. The first kappa shape index (κ1) is 60.4. The van der Waals surface area contributed by atoms with E-state index in [-0.39, 0.29) is 50.5 Å². The minimum absolute atomic E-state index is 0.00239. The van der Waals surface area contributed by atoms with Crippen molar-refractivity contribution in [1.82, 2.24) is 42.5 Å². The van der Waals surface area contributed by atoms with E-state index in [4.69, 9.17) is 28.7 Å². The molecule has 0 radical (unpaired) electrons. The van der Waals surface area contributed by atoms with Crippen LogP contribution in [-0.2, 0) is 54.4 Å². The molecule has 9 amide bonds. The molecule has 0 aromatic heterocycles. The summed E-state index contributed by atoms with van der Waals surface area (Å²) in [5.74, 6) is -10.8. The van der Waals surface area contributed by atoms with E-state index in [1.54, 1.807) is 44.2 Å². The molecule has 0 unspecified atom stereocenters. The number of carboxylic acids is 1. The summed E-state index contributed by atoms with van der Waals surface area (Å²) in [6, 6.07) is -2.76. The lowest BCUT2D eigenvalue weighted by atomic mass is 10.00. The summed E-state index contributed by atoms with van der Waals surface area (Å²) in [4.78, 5) is 134. The maximum Gasteiger partial charge on any atom is 0.327 e. The van der Waals surface area contributed by atoms with E-state index in [0.717, 1.165) is 6.92 Å². The third-order valence-electron chi connectivity index (χ3n) is 10.1. The van der Waals surface area contributed by atoms with Gasteiger partial charge in [-0.25, -0.2) is 4.79 Å². The second-order valence-corrected chi connectivity index (χ2v) is 16.8. The summed E-state index contributed by atoms with van der Waals surface area (Å²) >= 11 is 3.99. The molecule has 0 aliphatic carbocycles. The molecule has 0 aliphatic heterocycles. The number of nitrogens with two attached hydrogens (primary N) is 5. The molecular formula is C42H70N14O12S. The first-order chi connectivity index (χ1) is 32.4. The molecule has 26 nitrogen and oxygen atoms in total. The van der Waals surface area contributed by atoms with E-state index >= 15 is 0 Å². The molecule has 1 rings (SSSR count). The van der Waals surface area contributed by atoms with Crippen LogP contribution in [0.5, 0.6) is 0 Å². The Labute approximate surface area is 405 Å². The van der Waals surface area contributed by atoms with E-state index < -0.39 is 132 Å². The number of primary amides is 1. The van der Waals surface area contributed by atoms with Gasteiger partial charge in [-0.2, -0.15) is 12.6 Å². The minimum Gasteiger partial charge on any atom is -0.480 e. The molecule has 0 aliphatic rings. The van der Waals surface area contributed by atoms with Crippen molar-refractivity contribution in [2.75, 3.05) is 25.4 Å². The standard InChI is InChI=1S/C42H70N14O12S/c1-21(2)32(55-40(66)33(23(4)57)56-38(64)28(18-30(45)58)50-31(59)19-49-34(60)22(3)44)39(65)52-25(13-8-9-15-43)35(61)53-27(17-24-11-6-5-7-12-24)37(63)51-26(14-10-16-48-42(46)47)36(62)54-29(20-69)41(67)68/h5-7,11-12,21-23,25-29,32-33,57,69H,8-10,13-20,43-44H2,1-4H3,(H2,45,58)(H,49,60)(H,50,59)(H,51,63)(H,52,65)(H,53,61)(H,54,62)(H,55,66)(H,56,64)(H,67,68)(H4,46,47,48)/t22-,23+,25-,26-,27-,28-,29-,32-,33-/m0/s1. The van der Waals surface area contributed by atoms with E-state index in [0.29, 0.717) is 18.4 Å². The third-order valence-corrected chi connectivity index (χ3v) is 10.4. The highest BCUT2D eigenvalue weighted by molar-refractivity contribution is 7.80. The first-order valence-electron chi connectivity index (χ1n) is 22.2. The highest BCUT2D eigenvalue weighted by Crippen LogP contribution is 2.11. The molecule has 69 heavy (non-hydrogen) atoms. The van der Waals surface area contributed by atoms with Crippen LogP contribution in [0.25, 0.3) is 0 Å². The molecule has 0 bridgehead atoms. The fourth-order valence-electron chi connectivity index (χ4n) is 6.28. The van der Waals surface area contributed by atoms with Gasteiger partial charge in [-0.15, -0.1) is 0 Å². The lowest BCUT2D eigenvalue weighted by Gasteiger charge is -2.29. The summed E-state index contributed by atoms with van der Waals surface area (Å²) in [5.41, 5.74) is 27.9. The van der Waals surface area contributed by atoms with E-state index in [1.165, 1.54) is 6.92 Å². The van der Waals surface area contributed by atoms with Crippen LogP contribution < -0.4 is 71.2 Å². The molecule has 0 spiro atoms. The lowest BCUT2D eigenvalue weighted by Crippen LogP contribution is -2.62. The summed E-state index contributed by atoms with van der Waals surface area (Å²) in [7, 11) is 0. The van der Waals surface area contributed by atoms with E-state index in [1.807, 2.05) is 0 Å². The molecule has 27 heteroatoms. The lowest BCUT2D eigenvalue weighted by molar-refractivity contribution is -0.141. The zero-order valence-corrected chi connectivity index (χ0v) is 40.1. The monoisotopic (exact) mass is 995 g/mol. The zero-order chi connectivity index (χ0) is 52.4. The number of benzene rings is 1. The zero-order valence-electron chi connectivity index (χ0n) is 39.2. The van der Waals surface area contributed by atoms with Gasteiger partial charge in [-0.05, 0) is 64.0 Å². The quantitative estimate of drug-likeness (QED) is 0.0138. The second-order valence-electron chi connectivity index (χ2n) is 16.4. The Morgan fingerprint density at radius 2 is 1.14 bits per heavy atom. The molecule has 0 saturated heterocycles. The Kier molecular flexibility index (Phi) is 27.6. The smallest absolute Gasteiger partial charge is 0.327 e. The van der Waals surface area contributed by atoms with Crippen molar-refractivity contribution in [1.29, 1.82) is 0 Å². The van der Waals surface area contributed by atoms with Crippen molar-refractivity contribution in [2.45, 2.75) is 127 Å². The SMILES string of the molecule is CC(C)[C@H](NC(=O)[C@@H](NC(=O)[C@H](CC(N)=O)NC(=O)CNC(=O)[C@H](C)N)[C@@H](C)O)C(=O)N[C@@H](CCCCN)C(=O)N[C@@H](Cc1ccccc1)C(=O)N[C@@H](CCCN=C(N)N)C(=O)N[C@@H](CS)C(=O)O. The minimum atomic E-state index is -1.78. The van der Waals surface area contributed by atoms with Crippen LogP contribution in [0.1, 0.15) is 71.8 Å². The van der Waals surface area contributed by atoms with Crippen molar-refractivity contribution in [3.63, 3.8) is 0 Å². The number of hydrogen-bond acceptors (Lipinski definition) is 15. The van der Waals surface area contributed by atoms with Crippen LogP contribution in [0.15, 0.2) is 35.3 Å². The van der Waals surface area contributed by atoms with Crippen LogP contribution in [-0.4, -0.2) is 155 Å². The fraction of sp³-hybridized carbons (Fsp3) is 0.595.